The maximum Gasteiger partial charge on any atom is 0.123 e. The molecule has 2 aromatic rings. The number of hydrogen-bond donors (Lipinski definition) is 2. The lowest BCUT2D eigenvalue weighted by atomic mass is 9.95. The van der Waals surface area contributed by atoms with Crippen molar-refractivity contribution in [1.82, 2.24) is 10.2 Å². The van der Waals surface area contributed by atoms with Crippen LogP contribution in [0.15, 0.2) is 30.5 Å². The molecule has 0 bridgehead atoms. The first-order valence-electron chi connectivity index (χ1n) is 6.59. The molecule has 0 aliphatic rings. The Bertz CT molecular complexity index is 521. The number of H-pyrrole nitrogens is 1. The van der Waals surface area contributed by atoms with Crippen LogP contribution >= 0.6 is 0 Å². The van der Waals surface area contributed by atoms with Gasteiger partial charge in [0, 0.05) is 11.1 Å². The first-order valence-corrected chi connectivity index (χ1v) is 6.59. The molecule has 1 heterocycles. The fourth-order valence-electron chi connectivity index (χ4n) is 2.07. The van der Waals surface area contributed by atoms with Crippen molar-refractivity contribution < 1.29 is 9.50 Å². The van der Waals surface area contributed by atoms with Gasteiger partial charge >= 0.3 is 0 Å². The Balaban J connectivity index is 2.24. The van der Waals surface area contributed by atoms with Crippen molar-refractivity contribution in [2.24, 2.45) is 5.92 Å². The minimum Gasteiger partial charge on any atom is -0.388 e. The topological polar surface area (TPSA) is 48.9 Å². The largest absolute Gasteiger partial charge is 0.388 e. The van der Waals surface area contributed by atoms with Crippen molar-refractivity contribution in [3.05, 3.63) is 41.8 Å². The van der Waals surface area contributed by atoms with Gasteiger partial charge in [0.05, 0.1) is 18.0 Å². The van der Waals surface area contributed by atoms with E-state index in [4.69, 9.17) is 0 Å². The maximum absolute atomic E-state index is 12.9. The highest BCUT2D eigenvalue weighted by Crippen LogP contribution is 2.30. The summed E-state index contributed by atoms with van der Waals surface area (Å²) in [5, 5.41) is 17.2. The van der Waals surface area contributed by atoms with Crippen LogP contribution in [-0.2, 0) is 0 Å². The smallest absolute Gasteiger partial charge is 0.123 e. The zero-order chi connectivity index (χ0) is 13.8. The summed E-state index contributed by atoms with van der Waals surface area (Å²) in [5.41, 5.74) is 2.36. The van der Waals surface area contributed by atoms with Crippen LogP contribution in [0.4, 0.5) is 4.39 Å². The van der Waals surface area contributed by atoms with Crippen LogP contribution in [0.25, 0.3) is 11.3 Å². The molecular formula is C15H19FN2O. The van der Waals surface area contributed by atoms with Gasteiger partial charge in [-0.1, -0.05) is 20.3 Å². The Labute approximate surface area is 112 Å². The summed E-state index contributed by atoms with van der Waals surface area (Å²) in [4.78, 5) is 0. The summed E-state index contributed by atoms with van der Waals surface area (Å²) >= 11 is 0. The third kappa shape index (κ3) is 3.20. The van der Waals surface area contributed by atoms with E-state index in [1.165, 1.54) is 12.1 Å². The highest BCUT2D eigenvalue weighted by molar-refractivity contribution is 5.62. The molecule has 2 rings (SSSR count). The maximum atomic E-state index is 12.9. The third-order valence-corrected chi connectivity index (χ3v) is 3.48. The number of nitrogens with one attached hydrogen (secondary N) is 1. The van der Waals surface area contributed by atoms with Gasteiger partial charge in [-0.05, 0) is 36.6 Å². The van der Waals surface area contributed by atoms with Gasteiger partial charge in [-0.3, -0.25) is 5.10 Å². The van der Waals surface area contributed by atoms with Crippen LogP contribution in [0.2, 0.25) is 0 Å². The molecule has 0 amide bonds. The number of aliphatic hydroxyl groups excluding tert-OH is 1. The molecule has 0 saturated heterocycles. The summed E-state index contributed by atoms with van der Waals surface area (Å²) < 4.78 is 12.9. The molecule has 102 valence electrons. The lowest BCUT2D eigenvalue weighted by Gasteiger charge is -2.15. The number of halogens is 1. The van der Waals surface area contributed by atoms with Crippen molar-refractivity contribution >= 4 is 0 Å². The Morgan fingerprint density at radius 2 is 2.00 bits per heavy atom. The van der Waals surface area contributed by atoms with Crippen LogP contribution in [-0.4, -0.2) is 15.3 Å². The average Bonchev–Trinajstić information content (AvgIpc) is 2.88. The predicted octanol–water partition coefficient (Wildman–Crippen LogP) is 3.69. The molecule has 2 atom stereocenters. The zero-order valence-electron chi connectivity index (χ0n) is 11.2. The molecule has 0 saturated carbocycles. The minimum atomic E-state index is -0.547. The molecule has 0 spiro atoms. The molecular weight excluding hydrogens is 243 g/mol. The summed E-state index contributed by atoms with van der Waals surface area (Å²) in [7, 11) is 0. The normalized spacial score (nSPS) is 14.3. The van der Waals surface area contributed by atoms with Crippen molar-refractivity contribution in [1.29, 1.82) is 0 Å². The van der Waals surface area contributed by atoms with Crippen molar-refractivity contribution in [2.75, 3.05) is 0 Å². The van der Waals surface area contributed by atoms with Gasteiger partial charge < -0.3 is 5.11 Å². The van der Waals surface area contributed by atoms with Gasteiger partial charge in [0.15, 0.2) is 0 Å². The molecule has 1 aromatic carbocycles. The monoisotopic (exact) mass is 262 g/mol. The number of aliphatic hydroxyl groups is 1. The fourth-order valence-corrected chi connectivity index (χ4v) is 2.07. The van der Waals surface area contributed by atoms with Crippen LogP contribution in [0.1, 0.15) is 38.4 Å². The molecule has 0 fully saturated rings. The minimum absolute atomic E-state index is 0.273. The van der Waals surface area contributed by atoms with E-state index in [9.17, 15) is 9.50 Å². The lowest BCUT2D eigenvalue weighted by Crippen LogP contribution is -2.04. The van der Waals surface area contributed by atoms with Crippen molar-refractivity contribution in [2.45, 2.75) is 32.8 Å². The second-order valence-electron chi connectivity index (χ2n) is 4.97. The van der Waals surface area contributed by atoms with Gasteiger partial charge in [0.2, 0.25) is 0 Å². The number of rotatable bonds is 5. The summed E-state index contributed by atoms with van der Waals surface area (Å²) in [6.45, 7) is 4.22. The van der Waals surface area contributed by atoms with Crippen molar-refractivity contribution in [3.63, 3.8) is 0 Å². The number of benzene rings is 1. The van der Waals surface area contributed by atoms with Crippen LogP contribution in [0.3, 0.4) is 0 Å². The van der Waals surface area contributed by atoms with E-state index in [-0.39, 0.29) is 5.82 Å². The SMILES string of the molecule is CCC(C)CC(O)c1cn[nH]c1-c1ccc(F)cc1. The molecule has 0 aliphatic carbocycles. The van der Waals surface area contributed by atoms with Gasteiger partial charge in [-0.15, -0.1) is 0 Å². The lowest BCUT2D eigenvalue weighted by molar-refractivity contribution is 0.147. The molecule has 0 radical (unpaired) electrons. The molecule has 3 nitrogen and oxygen atoms in total. The van der Waals surface area contributed by atoms with Gasteiger partial charge in [0.1, 0.15) is 5.82 Å². The van der Waals surface area contributed by atoms with E-state index in [2.05, 4.69) is 24.0 Å². The number of aromatic nitrogens is 2. The number of aromatic amines is 1. The highest BCUT2D eigenvalue weighted by atomic mass is 19.1. The second kappa shape index (κ2) is 5.97. The van der Waals surface area contributed by atoms with Crippen LogP contribution in [0.5, 0.6) is 0 Å². The van der Waals surface area contributed by atoms with E-state index in [0.29, 0.717) is 12.3 Å². The molecule has 19 heavy (non-hydrogen) atoms. The van der Waals surface area contributed by atoms with Crippen LogP contribution in [0, 0.1) is 11.7 Å². The molecule has 2 N–H and O–H groups in total. The number of nitrogens with zero attached hydrogens (tertiary/aromatic N) is 1. The van der Waals surface area contributed by atoms with E-state index >= 15 is 0 Å². The Morgan fingerprint density at radius 3 is 2.63 bits per heavy atom. The standard InChI is InChI=1S/C15H19FN2O/c1-3-10(2)8-14(19)13-9-17-18-15(13)11-4-6-12(16)7-5-11/h4-7,9-10,14,19H,3,8H2,1-2H3,(H,17,18). The zero-order valence-corrected chi connectivity index (χ0v) is 11.2. The summed E-state index contributed by atoms with van der Waals surface area (Å²) in [6.07, 6.45) is 2.82. The second-order valence-corrected chi connectivity index (χ2v) is 4.97. The molecule has 1 aromatic heterocycles. The first kappa shape index (κ1) is 13.7. The summed E-state index contributed by atoms with van der Waals surface area (Å²) in [6, 6.07) is 6.17. The predicted molar refractivity (Wildman–Crippen MR) is 73.0 cm³/mol. The van der Waals surface area contributed by atoms with Gasteiger partial charge in [-0.25, -0.2) is 4.39 Å². The fraction of sp³-hybridized carbons (Fsp3) is 0.400. The van der Waals surface area contributed by atoms with E-state index in [1.807, 2.05) is 0 Å². The molecule has 0 aliphatic heterocycles. The quantitative estimate of drug-likeness (QED) is 0.863. The van der Waals surface area contributed by atoms with E-state index in [0.717, 1.165) is 23.2 Å². The van der Waals surface area contributed by atoms with Crippen molar-refractivity contribution in [3.8, 4) is 11.3 Å². The van der Waals surface area contributed by atoms with Crippen LogP contribution < -0.4 is 0 Å². The number of hydrogen-bond acceptors (Lipinski definition) is 2. The Kier molecular flexibility index (Phi) is 4.32. The van der Waals surface area contributed by atoms with E-state index in [1.54, 1.807) is 18.3 Å². The Hall–Kier alpha value is -1.68. The summed E-state index contributed by atoms with van der Waals surface area (Å²) in [5.74, 6) is 0.177. The first-order chi connectivity index (χ1) is 9.11. The van der Waals surface area contributed by atoms with Gasteiger partial charge in [-0.2, -0.15) is 5.10 Å². The third-order valence-electron chi connectivity index (χ3n) is 3.48. The molecule has 4 heteroatoms. The Morgan fingerprint density at radius 1 is 1.32 bits per heavy atom. The van der Waals surface area contributed by atoms with E-state index < -0.39 is 6.10 Å². The van der Waals surface area contributed by atoms with Gasteiger partial charge in [0.25, 0.3) is 0 Å². The highest BCUT2D eigenvalue weighted by Gasteiger charge is 2.17. The average molecular weight is 262 g/mol. The molecule has 2 unspecified atom stereocenters.